The van der Waals surface area contributed by atoms with Crippen molar-refractivity contribution in [3.8, 4) is 0 Å². The predicted molar refractivity (Wildman–Crippen MR) is 67.8 cm³/mol. The molecule has 0 aromatic carbocycles. The molecule has 96 valence electrons. The monoisotopic (exact) mass is 287 g/mol. The van der Waals surface area contributed by atoms with E-state index in [4.69, 9.17) is 32.5 Å². The van der Waals surface area contributed by atoms with Crippen LogP contribution in [0.5, 0.6) is 0 Å². The van der Waals surface area contributed by atoms with Crippen LogP contribution in [0.25, 0.3) is 0 Å². The first-order valence-corrected chi connectivity index (χ1v) is 8.26. The van der Waals surface area contributed by atoms with Crippen molar-refractivity contribution in [2.24, 2.45) is 0 Å². The molecule has 16 heavy (non-hydrogen) atoms. The highest BCUT2D eigenvalue weighted by Crippen LogP contribution is 2.40. The molecule has 0 rings (SSSR count). The van der Waals surface area contributed by atoms with Crippen LogP contribution in [-0.4, -0.2) is 26.2 Å². The number of nitrogens with one attached hydrogen (secondary N) is 1. The minimum atomic E-state index is -3.43. The number of rotatable bonds is 8. The summed E-state index contributed by atoms with van der Waals surface area (Å²) in [6.07, 6.45) is 0. The zero-order valence-corrected chi connectivity index (χ0v) is 12.3. The summed E-state index contributed by atoms with van der Waals surface area (Å²) in [5.41, 5.74) is 1.27. The summed E-state index contributed by atoms with van der Waals surface area (Å²) >= 11 is 10.3. The fraction of sp³-hybridized carbons (Fsp3) is 0.778. The minimum absolute atomic E-state index is 0.258. The van der Waals surface area contributed by atoms with Crippen LogP contribution in [-0.2, 0) is 20.9 Å². The standard InChI is InChI=1S/C9H19ClNO3PS/c1-4-11(5-2)8-9(7-10)14-15(12,16)13-6-3/h7H,4-6,8H2,1-3H3,(H,12,16)/b9-7+. The smallest absolute Gasteiger partial charge is 0.169 e. The van der Waals surface area contributed by atoms with Crippen LogP contribution in [0.2, 0.25) is 0 Å². The van der Waals surface area contributed by atoms with Gasteiger partial charge in [-0.2, -0.15) is 0 Å². The van der Waals surface area contributed by atoms with Crippen molar-refractivity contribution in [2.75, 3.05) is 26.2 Å². The second-order valence-electron chi connectivity index (χ2n) is 3.17. The molecule has 0 aromatic heterocycles. The van der Waals surface area contributed by atoms with Gasteiger partial charge >= 0.3 is 0 Å². The van der Waals surface area contributed by atoms with E-state index in [1.54, 1.807) is 6.92 Å². The molecule has 0 fully saturated rings. The second kappa shape index (κ2) is 8.45. The van der Waals surface area contributed by atoms with E-state index in [-0.39, 0.29) is 6.61 Å². The van der Waals surface area contributed by atoms with Crippen LogP contribution >= 0.6 is 18.3 Å². The zero-order chi connectivity index (χ0) is 12.6. The van der Waals surface area contributed by atoms with Gasteiger partial charge < -0.3 is 18.8 Å². The van der Waals surface area contributed by atoms with Gasteiger partial charge in [-0.1, -0.05) is 11.6 Å². The highest BCUT2D eigenvalue weighted by atomic mass is 35.5. The van der Waals surface area contributed by atoms with Gasteiger partial charge in [-0.25, -0.2) is 0 Å². The molecule has 0 aliphatic rings. The van der Waals surface area contributed by atoms with Gasteiger partial charge in [-0.15, -0.1) is 0 Å². The van der Waals surface area contributed by atoms with E-state index >= 15 is 0 Å². The molecule has 0 spiro atoms. The van der Waals surface area contributed by atoms with E-state index in [9.17, 15) is 4.89 Å². The number of likely N-dealkylation sites (N-methyl/N-ethyl adjacent to an activating group) is 1. The lowest BCUT2D eigenvalue weighted by atomic mass is 10.4. The molecule has 0 aromatic rings. The van der Waals surface area contributed by atoms with E-state index in [0.717, 1.165) is 13.1 Å². The fourth-order valence-corrected chi connectivity index (χ4v) is 2.73. The Morgan fingerprint density at radius 1 is 1.44 bits per heavy atom. The van der Waals surface area contributed by atoms with Gasteiger partial charge in [0.15, 0.2) is 12.5 Å². The Morgan fingerprint density at radius 2 is 2.00 bits per heavy atom. The highest BCUT2D eigenvalue weighted by Gasteiger charge is 2.12. The summed E-state index contributed by atoms with van der Waals surface area (Å²) in [5, 5.41) is 0. The van der Waals surface area contributed by atoms with Gasteiger partial charge in [0, 0.05) is 5.54 Å². The van der Waals surface area contributed by atoms with Gasteiger partial charge in [0.05, 0.1) is 19.7 Å². The maximum atomic E-state index is 11.6. The lowest BCUT2D eigenvalue weighted by Crippen LogP contribution is -3.11. The highest BCUT2D eigenvalue weighted by molar-refractivity contribution is 8.06. The third-order valence-corrected chi connectivity index (χ3v) is 3.88. The normalized spacial score (nSPS) is 16.2. The first-order valence-electron chi connectivity index (χ1n) is 5.27. The average Bonchev–Trinajstić information content (AvgIpc) is 2.23. The molecule has 0 amide bonds. The molecule has 4 nitrogen and oxygen atoms in total. The largest absolute Gasteiger partial charge is 0.770 e. The lowest BCUT2D eigenvalue weighted by Gasteiger charge is -2.29. The topological polar surface area (TPSA) is 46.0 Å². The summed E-state index contributed by atoms with van der Waals surface area (Å²) < 4.78 is 9.97. The van der Waals surface area contributed by atoms with Crippen molar-refractivity contribution < 1.29 is 18.8 Å². The van der Waals surface area contributed by atoms with Crippen LogP contribution in [0.4, 0.5) is 0 Å². The molecule has 0 heterocycles. The first-order chi connectivity index (χ1) is 7.49. The Morgan fingerprint density at radius 3 is 2.38 bits per heavy atom. The molecule has 7 heteroatoms. The van der Waals surface area contributed by atoms with E-state index in [0.29, 0.717) is 12.3 Å². The third-order valence-electron chi connectivity index (χ3n) is 2.06. The summed E-state index contributed by atoms with van der Waals surface area (Å²) in [5.74, 6) is 0.409. The Bertz CT molecular complexity index is 271. The lowest BCUT2D eigenvalue weighted by molar-refractivity contribution is -0.892. The van der Waals surface area contributed by atoms with Crippen LogP contribution in [0.3, 0.4) is 0 Å². The van der Waals surface area contributed by atoms with Crippen molar-refractivity contribution in [1.82, 2.24) is 0 Å². The maximum Gasteiger partial charge on any atom is 0.169 e. The number of hydrogen-bond donors (Lipinski definition) is 1. The maximum absolute atomic E-state index is 11.6. The van der Waals surface area contributed by atoms with Crippen LogP contribution < -0.4 is 9.79 Å². The van der Waals surface area contributed by atoms with Crippen molar-refractivity contribution in [3.63, 3.8) is 0 Å². The van der Waals surface area contributed by atoms with E-state index in [2.05, 4.69) is 13.8 Å². The van der Waals surface area contributed by atoms with Crippen molar-refractivity contribution in [1.29, 1.82) is 0 Å². The van der Waals surface area contributed by atoms with Gasteiger partial charge in [-0.05, 0) is 32.6 Å². The molecule has 1 atom stereocenters. The van der Waals surface area contributed by atoms with Gasteiger partial charge in [-0.3, -0.25) is 0 Å². The molecule has 0 aliphatic carbocycles. The average molecular weight is 288 g/mol. The first kappa shape index (κ1) is 16.4. The van der Waals surface area contributed by atoms with E-state index in [1.165, 1.54) is 10.4 Å². The van der Waals surface area contributed by atoms with Crippen LogP contribution in [0.15, 0.2) is 11.3 Å². The summed E-state index contributed by atoms with van der Waals surface area (Å²) in [6.45, 7) is 5.09. The zero-order valence-electron chi connectivity index (χ0n) is 9.86. The van der Waals surface area contributed by atoms with E-state index in [1.807, 2.05) is 0 Å². The molecule has 0 bridgehead atoms. The molecule has 1 unspecified atom stereocenters. The number of quaternary nitrogens is 1. The van der Waals surface area contributed by atoms with E-state index < -0.39 is 6.72 Å². The predicted octanol–water partition coefficient (Wildman–Crippen LogP) is 0.629. The minimum Gasteiger partial charge on any atom is -0.770 e. The Kier molecular flexibility index (Phi) is 8.64. The van der Waals surface area contributed by atoms with Crippen molar-refractivity contribution >= 4 is 30.1 Å². The third kappa shape index (κ3) is 6.84. The van der Waals surface area contributed by atoms with Crippen LogP contribution in [0.1, 0.15) is 20.8 Å². The van der Waals surface area contributed by atoms with Gasteiger partial charge in [0.25, 0.3) is 0 Å². The summed E-state index contributed by atoms with van der Waals surface area (Å²) in [7, 11) is 0. The summed E-state index contributed by atoms with van der Waals surface area (Å²) in [6, 6.07) is 0. The van der Waals surface area contributed by atoms with Gasteiger partial charge in [0.2, 0.25) is 0 Å². The molecular formula is C9H19ClNO3PS. The number of hydrogen-bond acceptors (Lipinski definition) is 4. The van der Waals surface area contributed by atoms with Crippen LogP contribution in [0, 0.1) is 0 Å². The van der Waals surface area contributed by atoms with Crippen molar-refractivity contribution in [2.45, 2.75) is 20.8 Å². The summed E-state index contributed by atoms with van der Waals surface area (Å²) in [4.78, 5) is 12.9. The molecule has 1 N–H and O–H groups in total. The quantitative estimate of drug-likeness (QED) is 0.525. The Labute approximate surface area is 107 Å². The molecular weight excluding hydrogens is 269 g/mol. The van der Waals surface area contributed by atoms with Gasteiger partial charge in [0.1, 0.15) is 6.54 Å². The molecule has 0 saturated heterocycles. The molecule has 0 radical (unpaired) electrons. The Hall–Kier alpha value is 0.360. The fourth-order valence-electron chi connectivity index (χ4n) is 1.17. The molecule has 0 aliphatic heterocycles. The molecule has 0 saturated carbocycles. The SMILES string of the molecule is CCOP([O-])(=S)O/C(=C/Cl)C[NH+](CC)CC. The number of halogens is 1. The Balaban J connectivity index is 4.37. The second-order valence-corrected chi connectivity index (χ2v) is 6.06. The van der Waals surface area contributed by atoms with Crippen molar-refractivity contribution in [3.05, 3.63) is 11.3 Å².